The summed E-state index contributed by atoms with van der Waals surface area (Å²) in [6.07, 6.45) is 3.06. The summed E-state index contributed by atoms with van der Waals surface area (Å²) in [6.45, 7) is 3.78. The molecule has 0 aliphatic heterocycles. The number of carboxylic acids is 1. The van der Waals surface area contributed by atoms with Gasteiger partial charge in [-0.25, -0.2) is 0 Å². The van der Waals surface area contributed by atoms with Crippen LogP contribution in [0.25, 0.3) is 0 Å². The average Bonchev–Trinajstić information content (AvgIpc) is 3.17. The minimum absolute atomic E-state index is 0.461. The second kappa shape index (κ2) is 8.50. The van der Waals surface area contributed by atoms with E-state index in [4.69, 9.17) is 4.74 Å². The molecule has 0 fully saturated rings. The third-order valence-electron chi connectivity index (χ3n) is 4.11. The molecule has 3 nitrogen and oxygen atoms in total. The topological polar surface area (TPSA) is 46.5 Å². The fourth-order valence-electron chi connectivity index (χ4n) is 2.78. The van der Waals surface area contributed by atoms with Gasteiger partial charge < -0.3 is 9.84 Å². The first-order valence-corrected chi connectivity index (χ1v) is 9.27. The van der Waals surface area contributed by atoms with E-state index in [1.165, 1.54) is 11.3 Å². The number of rotatable bonds is 8. The summed E-state index contributed by atoms with van der Waals surface area (Å²) in [5.41, 5.74) is 2.05. The van der Waals surface area contributed by atoms with Crippen molar-refractivity contribution in [1.82, 2.24) is 0 Å². The van der Waals surface area contributed by atoms with Gasteiger partial charge in [0.15, 0.2) is 0 Å². The number of thiophene rings is 1. The molecule has 0 saturated heterocycles. The first kappa shape index (κ1) is 18.0. The molecule has 1 heterocycles. The van der Waals surface area contributed by atoms with Crippen molar-refractivity contribution in [2.75, 3.05) is 0 Å². The highest BCUT2D eigenvalue weighted by Crippen LogP contribution is 2.29. The lowest BCUT2D eigenvalue weighted by Crippen LogP contribution is -2.13. The molecule has 1 N–H and O–H groups in total. The maximum Gasteiger partial charge on any atom is 0.312 e. The molecule has 4 heteroatoms. The number of allylic oxidation sites excluding steroid dienone is 1. The highest BCUT2D eigenvalue weighted by Gasteiger charge is 2.21. The molecule has 3 rings (SSSR count). The minimum Gasteiger partial charge on any atom is -0.481 e. The van der Waals surface area contributed by atoms with Crippen LogP contribution in [-0.2, 0) is 17.6 Å². The van der Waals surface area contributed by atoms with E-state index in [0.717, 1.165) is 33.9 Å². The molecule has 0 radical (unpaired) electrons. The third kappa shape index (κ3) is 4.41. The van der Waals surface area contributed by atoms with Crippen LogP contribution in [0.4, 0.5) is 0 Å². The fraction of sp³-hybridized carbons (Fsp3) is 0.136. The molecule has 26 heavy (non-hydrogen) atoms. The van der Waals surface area contributed by atoms with E-state index in [0.29, 0.717) is 6.42 Å². The lowest BCUT2D eigenvalue weighted by molar-refractivity contribution is -0.138. The van der Waals surface area contributed by atoms with Gasteiger partial charge in [0.05, 0.1) is 5.92 Å². The van der Waals surface area contributed by atoms with Gasteiger partial charge in [0.2, 0.25) is 0 Å². The van der Waals surface area contributed by atoms with Crippen LogP contribution in [0, 0.1) is 0 Å². The minimum atomic E-state index is -0.800. The van der Waals surface area contributed by atoms with E-state index in [1.54, 1.807) is 0 Å². The summed E-state index contributed by atoms with van der Waals surface area (Å²) in [7, 11) is 0. The second-order valence-electron chi connectivity index (χ2n) is 5.96. The summed E-state index contributed by atoms with van der Waals surface area (Å²) in [4.78, 5) is 12.5. The number of aliphatic carboxylic acids is 1. The molecule has 1 aromatic heterocycles. The van der Waals surface area contributed by atoms with Crippen molar-refractivity contribution in [1.29, 1.82) is 0 Å². The quantitative estimate of drug-likeness (QED) is 0.523. The zero-order chi connectivity index (χ0) is 18.4. The van der Waals surface area contributed by atoms with Gasteiger partial charge in [0, 0.05) is 4.88 Å². The number of carbonyl (C=O) groups is 1. The number of carboxylic acid groups (broad SMARTS) is 1. The number of hydrogen-bond acceptors (Lipinski definition) is 3. The molecule has 2 aromatic carbocycles. The number of ether oxygens (including phenoxy) is 1. The molecule has 0 spiro atoms. The lowest BCUT2D eigenvalue weighted by Gasteiger charge is -2.12. The Morgan fingerprint density at radius 2 is 1.88 bits per heavy atom. The Hall–Kier alpha value is -2.85. The van der Waals surface area contributed by atoms with Gasteiger partial charge in [0.1, 0.15) is 11.5 Å². The van der Waals surface area contributed by atoms with Crippen LogP contribution in [0.1, 0.15) is 21.9 Å². The Kier molecular flexibility index (Phi) is 5.87. The van der Waals surface area contributed by atoms with Crippen molar-refractivity contribution in [2.24, 2.45) is 0 Å². The van der Waals surface area contributed by atoms with Gasteiger partial charge in [-0.05, 0) is 53.6 Å². The lowest BCUT2D eigenvalue weighted by atomic mass is 9.98. The molecule has 0 amide bonds. The van der Waals surface area contributed by atoms with Crippen molar-refractivity contribution in [3.63, 3.8) is 0 Å². The van der Waals surface area contributed by atoms with E-state index < -0.39 is 11.9 Å². The van der Waals surface area contributed by atoms with E-state index in [2.05, 4.69) is 6.58 Å². The fourth-order valence-corrected chi connectivity index (χ4v) is 3.60. The molecule has 1 unspecified atom stereocenters. The Balaban J connectivity index is 1.72. The van der Waals surface area contributed by atoms with Crippen molar-refractivity contribution in [3.05, 3.63) is 94.7 Å². The van der Waals surface area contributed by atoms with Gasteiger partial charge >= 0.3 is 5.97 Å². The molecule has 0 aliphatic carbocycles. The Morgan fingerprint density at radius 1 is 1.12 bits per heavy atom. The predicted octanol–water partition coefficient (Wildman–Crippen LogP) is 5.68. The molecule has 132 valence electrons. The molecule has 0 bridgehead atoms. The van der Waals surface area contributed by atoms with Gasteiger partial charge in [-0.2, -0.15) is 0 Å². The van der Waals surface area contributed by atoms with E-state index in [-0.39, 0.29) is 0 Å². The van der Waals surface area contributed by atoms with E-state index >= 15 is 0 Å². The van der Waals surface area contributed by atoms with Crippen LogP contribution in [-0.4, -0.2) is 11.1 Å². The van der Waals surface area contributed by atoms with Crippen molar-refractivity contribution >= 4 is 17.3 Å². The van der Waals surface area contributed by atoms with E-state index in [9.17, 15) is 9.90 Å². The zero-order valence-electron chi connectivity index (χ0n) is 14.3. The Bertz CT molecular complexity index is 867. The number of hydrogen-bond donors (Lipinski definition) is 1. The maximum absolute atomic E-state index is 11.6. The zero-order valence-corrected chi connectivity index (χ0v) is 15.1. The molecular weight excluding hydrogens is 344 g/mol. The summed E-state index contributed by atoms with van der Waals surface area (Å²) < 4.78 is 5.98. The van der Waals surface area contributed by atoms with Crippen LogP contribution in [0.5, 0.6) is 11.5 Å². The summed E-state index contributed by atoms with van der Waals surface area (Å²) in [6, 6.07) is 19.2. The second-order valence-corrected chi connectivity index (χ2v) is 6.94. The Morgan fingerprint density at radius 3 is 2.54 bits per heavy atom. The molecule has 1 atom stereocenters. The maximum atomic E-state index is 11.6. The standard InChI is InChI=1S/C22H20O3S/c1-2-6-17-7-3-4-8-20(17)25-18-12-10-16(11-13-18)15-19(22(23)24)21-9-5-14-26-21/h2-5,7-14,19H,1,6,15H2,(H,23,24). The summed E-state index contributed by atoms with van der Waals surface area (Å²) >= 11 is 1.48. The average molecular weight is 364 g/mol. The van der Waals surface area contributed by atoms with Gasteiger partial charge in [-0.15, -0.1) is 17.9 Å². The smallest absolute Gasteiger partial charge is 0.312 e. The molecule has 0 aliphatic rings. The third-order valence-corrected chi connectivity index (χ3v) is 5.10. The highest BCUT2D eigenvalue weighted by atomic mass is 32.1. The van der Waals surface area contributed by atoms with Gasteiger partial charge in [-0.3, -0.25) is 4.79 Å². The van der Waals surface area contributed by atoms with Crippen LogP contribution in [0.3, 0.4) is 0 Å². The van der Waals surface area contributed by atoms with Crippen LogP contribution in [0.2, 0.25) is 0 Å². The molecule has 3 aromatic rings. The van der Waals surface area contributed by atoms with Gasteiger partial charge in [-0.1, -0.05) is 42.5 Å². The number of benzene rings is 2. The van der Waals surface area contributed by atoms with Crippen molar-refractivity contribution < 1.29 is 14.6 Å². The Labute approximate surface area is 157 Å². The van der Waals surface area contributed by atoms with Crippen LogP contribution in [0.15, 0.2) is 78.7 Å². The molecular formula is C22H20O3S. The monoisotopic (exact) mass is 364 g/mol. The number of para-hydroxylation sites is 1. The van der Waals surface area contributed by atoms with Crippen LogP contribution < -0.4 is 4.74 Å². The van der Waals surface area contributed by atoms with Crippen molar-refractivity contribution in [2.45, 2.75) is 18.8 Å². The SMILES string of the molecule is C=CCc1ccccc1Oc1ccc(CC(C(=O)O)c2cccs2)cc1. The predicted molar refractivity (Wildman–Crippen MR) is 105 cm³/mol. The normalized spacial score (nSPS) is 11.7. The van der Waals surface area contributed by atoms with Crippen molar-refractivity contribution in [3.8, 4) is 11.5 Å². The molecule has 0 saturated carbocycles. The first-order valence-electron chi connectivity index (χ1n) is 8.39. The van der Waals surface area contributed by atoms with Crippen LogP contribution >= 0.6 is 11.3 Å². The van der Waals surface area contributed by atoms with Gasteiger partial charge in [0.25, 0.3) is 0 Å². The first-order chi connectivity index (χ1) is 12.7. The highest BCUT2D eigenvalue weighted by molar-refractivity contribution is 7.10. The summed E-state index contributed by atoms with van der Waals surface area (Å²) in [5.74, 6) is 0.219. The van der Waals surface area contributed by atoms with E-state index in [1.807, 2.05) is 72.1 Å². The largest absolute Gasteiger partial charge is 0.481 e. The summed E-state index contributed by atoms with van der Waals surface area (Å²) in [5, 5.41) is 11.4.